The van der Waals surface area contributed by atoms with Crippen LogP contribution in [-0.4, -0.2) is 24.2 Å². The summed E-state index contributed by atoms with van der Waals surface area (Å²) in [7, 11) is 2.98. The van der Waals surface area contributed by atoms with E-state index < -0.39 is 6.04 Å². The average Bonchev–Trinajstić information content (AvgIpc) is 2.52. The predicted molar refractivity (Wildman–Crippen MR) is 80.8 cm³/mol. The number of nitrogens with one attached hydrogen (secondary N) is 1. The Balaban J connectivity index is 2.53. The number of hydrogen-bond donors (Lipinski definition) is 2. The Morgan fingerprint density at radius 3 is 2.62 bits per heavy atom. The van der Waals surface area contributed by atoms with Crippen molar-refractivity contribution in [3.63, 3.8) is 0 Å². The molecule has 21 heavy (non-hydrogen) atoms. The third kappa shape index (κ3) is 3.19. The van der Waals surface area contributed by atoms with Gasteiger partial charge in [-0.1, -0.05) is 35.3 Å². The van der Waals surface area contributed by atoms with Crippen LogP contribution in [0.25, 0.3) is 0 Å². The van der Waals surface area contributed by atoms with Crippen molar-refractivity contribution in [2.24, 2.45) is 5.84 Å². The fraction of sp³-hybridized carbons (Fsp3) is 0.231. The third-order valence-corrected chi connectivity index (χ3v) is 3.71. The highest BCUT2D eigenvalue weighted by molar-refractivity contribution is 6.42. The van der Waals surface area contributed by atoms with Crippen molar-refractivity contribution in [2.45, 2.75) is 6.04 Å². The summed E-state index contributed by atoms with van der Waals surface area (Å²) in [6, 6.07) is 4.74. The number of nitrogens with zero attached hydrogens (tertiary/aromatic N) is 2. The molecule has 0 amide bonds. The van der Waals surface area contributed by atoms with Gasteiger partial charge in [-0.25, -0.2) is 10.4 Å². The summed E-state index contributed by atoms with van der Waals surface area (Å²) in [4.78, 5) is 8.46. The van der Waals surface area contributed by atoms with Crippen LogP contribution < -0.4 is 20.7 Å². The van der Waals surface area contributed by atoms with Gasteiger partial charge in [0.15, 0.2) is 0 Å². The molecule has 2 aromatic rings. The Hall–Kier alpha value is -1.60. The van der Waals surface area contributed by atoms with E-state index in [-0.39, 0.29) is 5.88 Å². The fourth-order valence-corrected chi connectivity index (χ4v) is 2.29. The van der Waals surface area contributed by atoms with E-state index in [2.05, 4.69) is 15.4 Å². The molecule has 0 aliphatic heterocycles. The van der Waals surface area contributed by atoms with Crippen LogP contribution in [-0.2, 0) is 0 Å². The number of benzene rings is 1. The second kappa shape index (κ2) is 6.91. The Bertz CT molecular complexity index is 640. The van der Waals surface area contributed by atoms with E-state index >= 15 is 0 Å². The lowest BCUT2D eigenvalue weighted by atomic mass is 10.0. The maximum atomic E-state index is 6.23. The molecule has 1 unspecified atom stereocenters. The highest BCUT2D eigenvalue weighted by Gasteiger charge is 2.23. The minimum absolute atomic E-state index is 0.286. The summed E-state index contributed by atoms with van der Waals surface area (Å²) in [5.74, 6) is 6.27. The Morgan fingerprint density at radius 1 is 1.24 bits per heavy atom. The van der Waals surface area contributed by atoms with Crippen LogP contribution in [0.1, 0.15) is 17.3 Å². The first-order valence-corrected chi connectivity index (χ1v) is 6.73. The minimum Gasteiger partial charge on any atom is -0.480 e. The summed E-state index contributed by atoms with van der Waals surface area (Å²) in [6.07, 6.45) is 1.47. The van der Waals surface area contributed by atoms with Gasteiger partial charge in [-0.2, -0.15) is 4.98 Å². The van der Waals surface area contributed by atoms with E-state index in [1.165, 1.54) is 20.4 Å². The summed E-state index contributed by atoms with van der Waals surface area (Å²) < 4.78 is 10.3. The molecule has 112 valence electrons. The molecule has 1 aromatic carbocycles. The number of ether oxygens (including phenoxy) is 2. The molecule has 0 fully saturated rings. The van der Waals surface area contributed by atoms with E-state index in [9.17, 15) is 0 Å². The van der Waals surface area contributed by atoms with Gasteiger partial charge in [-0.15, -0.1) is 0 Å². The van der Waals surface area contributed by atoms with E-state index in [4.69, 9.17) is 38.5 Å². The van der Waals surface area contributed by atoms with Gasteiger partial charge in [0.1, 0.15) is 5.69 Å². The second-order valence-corrected chi connectivity index (χ2v) is 4.83. The molecule has 0 saturated carbocycles. The van der Waals surface area contributed by atoms with Crippen LogP contribution in [0, 0.1) is 0 Å². The molecule has 3 N–H and O–H groups in total. The van der Waals surface area contributed by atoms with E-state index in [1.807, 2.05) is 0 Å². The SMILES string of the molecule is COc1cnc(C(NN)c2cccc(Cl)c2Cl)c(OC)n1. The molecular formula is C13H14Cl2N4O2. The average molecular weight is 329 g/mol. The number of aromatic nitrogens is 2. The number of halogens is 2. The van der Waals surface area contributed by atoms with Crippen molar-refractivity contribution >= 4 is 23.2 Å². The van der Waals surface area contributed by atoms with Crippen molar-refractivity contribution in [1.29, 1.82) is 0 Å². The lowest BCUT2D eigenvalue weighted by molar-refractivity contribution is 0.352. The van der Waals surface area contributed by atoms with Gasteiger partial charge in [0.05, 0.1) is 36.5 Å². The van der Waals surface area contributed by atoms with Gasteiger partial charge >= 0.3 is 0 Å². The van der Waals surface area contributed by atoms with Crippen LogP contribution in [0.3, 0.4) is 0 Å². The fourth-order valence-electron chi connectivity index (χ4n) is 1.87. The topological polar surface area (TPSA) is 82.3 Å². The number of hydrazine groups is 1. The molecule has 0 spiro atoms. The van der Waals surface area contributed by atoms with Crippen molar-refractivity contribution in [2.75, 3.05) is 14.2 Å². The molecule has 0 aliphatic rings. The maximum Gasteiger partial charge on any atom is 0.240 e. The van der Waals surface area contributed by atoms with Crippen molar-refractivity contribution in [3.05, 3.63) is 45.7 Å². The predicted octanol–water partition coefficient (Wildman–Crippen LogP) is 2.35. The molecule has 0 aliphatic carbocycles. The van der Waals surface area contributed by atoms with E-state index in [0.29, 0.717) is 27.2 Å². The first-order chi connectivity index (χ1) is 10.1. The molecule has 0 radical (unpaired) electrons. The van der Waals surface area contributed by atoms with Gasteiger partial charge in [0.25, 0.3) is 0 Å². The molecule has 1 aromatic heterocycles. The number of methoxy groups -OCH3 is 2. The zero-order chi connectivity index (χ0) is 15.4. The molecule has 8 heteroatoms. The Labute approximate surface area is 132 Å². The lowest BCUT2D eigenvalue weighted by Gasteiger charge is -2.19. The Kier molecular flexibility index (Phi) is 5.19. The molecule has 6 nitrogen and oxygen atoms in total. The summed E-state index contributed by atoms with van der Waals surface area (Å²) in [6.45, 7) is 0. The molecule has 2 rings (SSSR count). The van der Waals surface area contributed by atoms with E-state index in [1.54, 1.807) is 18.2 Å². The molecule has 0 bridgehead atoms. The third-order valence-electron chi connectivity index (χ3n) is 2.88. The molecular weight excluding hydrogens is 315 g/mol. The second-order valence-electron chi connectivity index (χ2n) is 4.05. The van der Waals surface area contributed by atoms with Crippen LogP contribution in [0.4, 0.5) is 0 Å². The highest BCUT2D eigenvalue weighted by atomic mass is 35.5. The Morgan fingerprint density at radius 2 is 2.00 bits per heavy atom. The van der Waals surface area contributed by atoms with Crippen molar-refractivity contribution in [3.8, 4) is 11.8 Å². The monoisotopic (exact) mass is 328 g/mol. The first-order valence-electron chi connectivity index (χ1n) is 5.97. The lowest BCUT2D eigenvalue weighted by Crippen LogP contribution is -2.30. The minimum atomic E-state index is -0.524. The molecule has 0 saturated heterocycles. The van der Waals surface area contributed by atoms with Gasteiger partial charge in [-0.05, 0) is 11.6 Å². The largest absolute Gasteiger partial charge is 0.480 e. The van der Waals surface area contributed by atoms with Gasteiger partial charge in [0.2, 0.25) is 11.8 Å². The van der Waals surface area contributed by atoms with E-state index in [0.717, 1.165) is 0 Å². The number of hydrogen-bond acceptors (Lipinski definition) is 6. The van der Waals surface area contributed by atoms with Crippen molar-refractivity contribution in [1.82, 2.24) is 15.4 Å². The standard InChI is InChI=1S/C13H14Cl2N4O2/c1-20-9-6-17-12(13(18-9)21-2)11(19-16)7-4-3-5-8(14)10(7)15/h3-6,11,19H,16H2,1-2H3. The summed E-state index contributed by atoms with van der Waals surface area (Å²) in [5, 5.41) is 0.816. The quantitative estimate of drug-likeness (QED) is 0.647. The van der Waals surface area contributed by atoms with Gasteiger partial charge < -0.3 is 9.47 Å². The van der Waals surface area contributed by atoms with Crippen molar-refractivity contribution < 1.29 is 9.47 Å². The molecule has 1 atom stereocenters. The van der Waals surface area contributed by atoms with Gasteiger partial charge in [-0.3, -0.25) is 5.84 Å². The first kappa shape index (κ1) is 15.8. The van der Waals surface area contributed by atoms with Crippen LogP contribution in [0.5, 0.6) is 11.8 Å². The van der Waals surface area contributed by atoms with Crippen LogP contribution in [0.15, 0.2) is 24.4 Å². The zero-order valence-corrected chi connectivity index (χ0v) is 12.9. The number of rotatable bonds is 5. The summed E-state index contributed by atoms with van der Waals surface area (Å²) in [5.41, 5.74) is 3.80. The van der Waals surface area contributed by atoms with Crippen LogP contribution >= 0.6 is 23.2 Å². The van der Waals surface area contributed by atoms with Gasteiger partial charge in [0, 0.05) is 0 Å². The summed E-state index contributed by atoms with van der Waals surface area (Å²) >= 11 is 12.3. The zero-order valence-electron chi connectivity index (χ0n) is 11.4. The maximum absolute atomic E-state index is 6.23. The molecule has 1 heterocycles. The number of nitrogens with two attached hydrogens (primary N) is 1. The van der Waals surface area contributed by atoms with Crippen LogP contribution in [0.2, 0.25) is 10.0 Å². The highest BCUT2D eigenvalue weighted by Crippen LogP contribution is 2.35. The smallest absolute Gasteiger partial charge is 0.240 e. The normalized spacial score (nSPS) is 12.0.